The van der Waals surface area contributed by atoms with Crippen LogP contribution in [0.2, 0.25) is 0 Å². The van der Waals surface area contributed by atoms with Gasteiger partial charge in [-0.05, 0) is 18.1 Å². The van der Waals surface area contributed by atoms with Crippen molar-refractivity contribution in [3.05, 3.63) is 65.4 Å². The van der Waals surface area contributed by atoms with E-state index in [0.29, 0.717) is 22.1 Å². The van der Waals surface area contributed by atoms with Crippen molar-refractivity contribution in [1.82, 2.24) is 20.3 Å². The number of aliphatic carboxylic acids is 1. The number of benzene rings is 1. The maximum Gasteiger partial charge on any atom is 0.308 e. The molecule has 1 unspecified atom stereocenters. The number of thiazole rings is 1. The van der Waals surface area contributed by atoms with Gasteiger partial charge in [-0.1, -0.05) is 30.3 Å². The molecule has 0 aliphatic carbocycles. The molecule has 132 valence electrons. The monoisotopic (exact) mass is 368 g/mol. The molecule has 0 saturated heterocycles. The third-order valence-corrected chi connectivity index (χ3v) is 4.66. The number of carbonyl (C=O) groups excluding carboxylic acids is 1. The van der Waals surface area contributed by atoms with E-state index in [9.17, 15) is 14.7 Å². The standard InChI is InChI=1S/C18H16N4O3S/c23-16(14-11-22-17(26-14)15-19-7-4-8-20-15)21-10-13(18(24)25)9-12-5-2-1-3-6-12/h1-8,11,13H,9-10H2,(H,21,23)(H,24,25). The number of aromatic nitrogens is 3. The van der Waals surface area contributed by atoms with Crippen LogP contribution in [0.4, 0.5) is 0 Å². The minimum Gasteiger partial charge on any atom is -0.481 e. The first-order valence-electron chi connectivity index (χ1n) is 7.91. The Labute approximate surface area is 153 Å². The van der Waals surface area contributed by atoms with Gasteiger partial charge in [0.15, 0.2) is 10.8 Å². The van der Waals surface area contributed by atoms with Crippen LogP contribution >= 0.6 is 11.3 Å². The normalized spacial score (nSPS) is 11.7. The molecule has 0 radical (unpaired) electrons. The van der Waals surface area contributed by atoms with Crippen molar-refractivity contribution in [3.8, 4) is 10.8 Å². The summed E-state index contributed by atoms with van der Waals surface area (Å²) in [5.74, 6) is -1.56. The molecule has 2 N–H and O–H groups in total. The Kier molecular flexibility index (Phi) is 5.65. The summed E-state index contributed by atoms with van der Waals surface area (Å²) < 4.78 is 0. The van der Waals surface area contributed by atoms with Crippen molar-refractivity contribution in [2.24, 2.45) is 5.92 Å². The Balaban J connectivity index is 1.62. The lowest BCUT2D eigenvalue weighted by Crippen LogP contribution is -2.33. The number of hydrogen-bond donors (Lipinski definition) is 2. The average molecular weight is 368 g/mol. The topological polar surface area (TPSA) is 105 Å². The number of nitrogens with one attached hydrogen (secondary N) is 1. The maximum atomic E-state index is 12.3. The molecule has 1 atom stereocenters. The minimum absolute atomic E-state index is 0.0398. The lowest BCUT2D eigenvalue weighted by molar-refractivity contribution is -0.141. The number of carboxylic acid groups (broad SMARTS) is 1. The fraction of sp³-hybridized carbons (Fsp3) is 0.167. The highest BCUT2D eigenvalue weighted by Crippen LogP contribution is 2.21. The lowest BCUT2D eigenvalue weighted by atomic mass is 9.99. The van der Waals surface area contributed by atoms with Crippen molar-refractivity contribution in [2.75, 3.05) is 6.54 Å². The summed E-state index contributed by atoms with van der Waals surface area (Å²) in [6, 6.07) is 11.0. The predicted octanol–water partition coefficient (Wildman–Crippen LogP) is 2.27. The van der Waals surface area contributed by atoms with Crippen LogP contribution in [0.1, 0.15) is 15.2 Å². The second-order valence-electron chi connectivity index (χ2n) is 5.54. The molecule has 0 fully saturated rings. The van der Waals surface area contributed by atoms with Gasteiger partial charge in [-0.25, -0.2) is 15.0 Å². The van der Waals surface area contributed by atoms with Crippen molar-refractivity contribution in [2.45, 2.75) is 6.42 Å². The fourth-order valence-electron chi connectivity index (χ4n) is 2.34. The number of nitrogens with zero attached hydrogens (tertiary/aromatic N) is 3. The molecule has 7 nitrogen and oxygen atoms in total. The SMILES string of the molecule is O=C(NCC(Cc1ccccc1)C(=O)O)c1cnc(-c2ncccn2)s1. The maximum absolute atomic E-state index is 12.3. The van der Waals surface area contributed by atoms with Gasteiger partial charge < -0.3 is 10.4 Å². The van der Waals surface area contributed by atoms with Gasteiger partial charge in [0.1, 0.15) is 4.88 Å². The quantitative estimate of drug-likeness (QED) is 0.663. The van der Waals surface area contributed by atoms with E-state index in [0.717, 1.165) is 16.9 Å². The van der Waals surface area contributed by atoms with Gasteiger partial charge in [-0.3, -0.25) is 9.59 Å². The summed E-state index contributed by atoms with van der Waals surface area (Å²) >= 11 is 1.16. The molecule has 0 bridgehead atoms. The van der Waals surface area contributed by atoms with E-state index in [1.807, 2.05) is 30.3 Å². The molecule has 26 heavy (non-hydrogen) atoms. The Morgan fingerprint density at radius 2 is 1.81 bits per heavy atom. The Bertz CT molecular complexity index is 884. The van der Waals surface area contributed by atoms with E-state index in [1.54, 1.807) is 18.5 Å². The highest BCUT2D eigenvalue weighted by atomic mass is 32.1. The summed E-state index contributed by atoms with van der Waals surface area (Å²) in [6.45, 7) is 0.0398. The van der Waals surface area contributed by atoms with E-state index in [4.69, 9.17) is 0 Å². The second kappa shape index (κ2) is 8.30. The van der Waals surface area contributed by atoms with Gasteiger partial charge in [0.05, 0.1) is 12.1 Å². The zero-order chi connectivity index (χ0) is 18.4. The Morgan fingerprint density at radius 3 is 2.50 bits per heavy atom. The highest BCUT2D eigenvalue weighted by molar-refractivity contribution is 7.16. The van der Waals surface area contributed by atoms with Gasteiger partial charge in [-0.2, -0.15) is 0 Å². The number of carboxylic acids is 1. The van der Waals surface area contributed by atoms with Crippen molar-refractivity contribution >= 4 is 23.2 Å². The minimum atomic E-state index is -0.947. The van der Waals surface area contributed by atoms with Crippen LogP contribution < -0.4 is 5.32 Å². The first-order chi connectivity index (χ1) is 12.6. The van der Waals surface area contributed by atoms with Crippen molar-refractivity contribution in [3.63, 3.8) is 0 Å². The largest absolute Gasteiger partial charge is 0.481 e. The summed E-state index contributed by atoms with van der Waals surface area (Å²) in [5.41, 5.74) is 0.912. The number of carbonyl (C=O) groups is 2. The van der Waals surface area contributed by atoms with Crippen LogP contribution in [0.3, 0.4) is 0 Å². The zero-order valence-electron chi connectivity index (χ0n) is 13.7. The fourth-order valence-corrected chi connectivity index (χ4v) is 3.12. The van der Waals surface area contributed by atoms with Crippen LogP contribution in [-0.2, 0) is 11.2 Å². The molecule has 0 aliphatic rings. The first kappa shape index (κ1) is 17.7. The van der Waals surface area contributed by atoms with Crippen LogP contribution in [0.5, 0.6) is 0 Å². The van der Waals surface area contributed by atoms with Crippen molar-refractivity contribution < 1.29 is 14.7 Å². The molecule has 2 aromatic heterocycles. The third-order valence-electron chi connectivity index (χ3n) is 3.67. The summed E-state index contributed by atoms with van der Waals surface area (Å²) in [4.78, 5) is 36.5. The molecular weight excluding hydrogens is 352 g/mol. The van der Waals surface area contributed by atoms with E-state index >= 15 is 0 Å². The van der Waals surface area contributed by atoms with Crippen LogP contribution in [0.25, 0.3) is 10.8 Å². The Morgan fingerprint density at radius 1 is 1.08 bits per heavy atom. The van der Waals surface area contributed by atoms with E-state index in [1.165, 1.54) is 6.20 Å². The molecule has 3 rings (SSSR count). The van der Waals surface area contributed by atoms with Gasteiger partial charge in [0.2, 0.25) is 0 Å². The molecule has 0 saturated carbocycles. The summed E-state index contributed by atoms with van der Waals surface area (Å²) in [5, 5.41) is 12.6. The predicted molar refractivity (Wildman–Crippen MR) is 96.7 cm³/mol. The van der Waals surface area contributed by atoms with Gasteiger partial charge in [0.25, 0.3) is 5.91 Å². The van der Waals surface area contributed by atoms with Gasteiger partial charge >= 0.3 is 5.97 Å². The van der Waals surface area contributed by atoms with Crippen LogP contribution in [0, 0.1) is 5.92 Å². The molecular formula is C18H16N4O3S. The lowest BCUT2D eigenvalue weighted by Gasteiger charge is -2.13. The molecule has 0 aliphatic heterocycles. The van der Waals surface area contributed by atoms with Crippen LogP contribution in [0.15, 0.2) is 55.0 Å². The Hall–Kier alpha value is -3.13. The van der Waals surface area contributed by atoms with E-state index < -0.39 is 11.9 Å². The zero-order valence-corrected chi connectivity index (χ0v) is 14.5. The third kappa shape index (κ3) is 4.48. The van der Waals surface area contributed by atoms with E-state index in [-0.39, 0.29) is 12.5 Å². The van der Waals surface area contributed by atoms with Gasteiger partial charge in [-0.15, -0.1) is 11.3 Å². The van der Waals surface area contributed by atoms with Gasteiger partial charge in [0, 0.05) is 18.9 Å². The molecule has 0 spiro atoms. The molecule has 2 heterocycles. The molecule has 3 aromatic rings. The summed E-state index contributed by atoms with van der Waals surface area (Å²) in [7, 11) is 0. The first-order valence-corrected chi connectivity index (χ1v) is 8.73. The number of rotatable bonds is 7. The highest BCUT2D eigenvalue weighted by Gasteiger charge is 2.20. The second-order valence-corrected chi connectivity index (χ2v) is 6.57. The number of amides is 1. The smallest absolute Gasteiger partial charge is 0.308 e. The molecule has 1 aromatic carbocycles. The number of hydrogen-bond acceptors (Lipinski definition) is 6. The van der Waals surface area contributed by atoms with E-state index in [2.05, 4.69) is 20.3 Å². The summed E-state index contributed by atoms with van der Waals surface area (Å²) in [6.07, 6.45) is 5.00. The van der Waals surface area contributed by atoms with Crippen LogP contribution in [-0.4, -0.2) is 38.5 Å². The van der Waals surface area contributed by atoms with Crippen molar-refractivity contribution in [1.29, 1.82) is 0 Å². The average Bonchev–Trinajstić information content (AvgIpc) is 3.16. The molecule has 8 heteroatoms. The molecule has 1 amide bonds.